The van der Waals surface area contributed by atoms with E-state index in [4.69, 9.17) is 47.1 Å². The maximum atomic E-state index is 12.3. The van der Waals surface area contributed by atoms with Gasteiger partial charge in [0.15, 0.2) is 6.04 Å². The fourth-order valence-electron chi connectivity index (χ4n) is 13.2. The summed E-state index contributed by atoms with van der Waals surface area (Å²) in [6, 6.07) is 107. The highest BCUT2D eigenvalue weighted by molar-refractivity contribution is 6.28. The monoisotopic (exact) mass is 1700 g/mol. The molecule has 8 N–H and O–H groups in total. The first kappa shape index (κ1) is 97.9. The van der Waals surface area contributed by atoms with Gasteiger partial charge in [-0.15, -0.1) is 11.6 Å². The maximum absolute atomic E-state index is 12.3. The molecule has 0 saturated carbocycles. The third kappa shape index (κ3) is 27.7. The highest BCUT2D eigenvalue weighted by Gasteiger charge is 2.56. The van der Waals surface area contributed by atoms with Crippen molar-refractivity contribution in [1.29, 1.82) is 0 Å². The topological polar surface area (TPSA) is 333 Å². The van der Waals surface area contributed by atoms with Gasteiger partial charge in [0.1, 0.15) is 48.3 Å². The Bertz CT molecular complexity index is 4660. The fraction of sp³-hybridized carbons (Fsp3) is 0.253. The number of methoxy groups -OCH3 is 6. The van der Waals surface area contributed by atoms with Gasteiger partial charge in [-0.3, -0.25) is 34.3 Å². The Morgan fingerprint density at radius 2 is 0.669 bits per heavy atom. The molecule has 25 heteroatoms. The number of nitrogens with one attached hydrogen (secondary N) is 2. The minimum absolute atomic E-state index is 0.171. The highest BCUT2D eigenvalue weighted by atomic mass is 35.5. The Morgan fingerprint density at radius 1 is 0.371 bits per heavy atom. The van der Waals surface area contributed by atoms with E-state index in [-0.39, 0.29) is 44.4 Å². The standard InChI is InChI=1S/C23H23NO3.C23H21NO2.C19H15Cl.C13H17NO4.C12H13NO4.C5H11NO2.C4H9NO3/c1-27-22(26)21(17-25)24-23(18-11-5-2-6-12-18,19-13-7-3-8-14-19)20-15-9-4-10-16-20;1-26-22(25)21-17-24(21)23(18-11-5-2-6-12-18,19-13-7-3-8-14-19)20-15-9-4-10-16-20;20-19(16-10-4-1-5-11-16,17-12-6-2-7-13-17)18-14-8-3-9-15-18;1-3-11(12(15)17-2)14-13(16)18-9-10-7-5-4-6-8-10;1-16-11(14)10-7-13(10)12(15)17-8-9-5-3-2-4-6-9;1-3-4(6)5(7)8-2;1-8-4(7)3(5)2-6/h2-16,21,24-25H,17H2,1H3;2-16,21H,17H2,1H3;1-15H;4-8,11H,3,9H2,1-2H3,(H,14,16);2-6,10H,7-8H2,1H3;4H,3,6H2,1-2H3;3,6H,2,5H2,1H3/t21-;21-,24?;;11-;10-,13?;4-;3-/m11.1111/s1. The smallest absolute Gasteiger partial charge is 0.411 e. The minimum Gasteiger partial charge on any atom is -0.468 e. The predicted molar refractivity (Wildman–Crippen MR) is 474 cm³/mol. The lowest BCUT2D eigenvalue weighted by Crippen LogP contribution is -2.54. The van der Waals surface area contributed by atoms with E-state index in [2.05, 4.69) is 107 Å². The largest absolute Gasteiger partial charge is 0.468 e. The van der Waals surface area contributed by atoms with Crippen molar-refractivity contribution < 1.29 is 86.5 Å². The van der Waals surface area contributed by atoms with E-state index in [0.29, 0.717) is 25.9 Å². The number of rotatable bonds is 27. The lowest BCUT2D eigenvalue weighted by Gasteiger charge is -2.39. The summed E-state index contributed by atoms with van der Waals surface area (Å²) in [5.74, 6) is -2.50. The van der Waals surface area contributed by atoms with E-state index in [9.17, 15) is 43.5 Å². The molecule has 7 atom stereocenters. The molecule has 2 aliphatic rings. The summed E-state index contributed by atoms with van der Waals surface area (Å²) in [6.07, 6.45) is -0.0277. The first-order valence-electron chi connectivity index (χ1n) is 40.0. The number of nitrogens with zero attached hydrogens (tertiary/aromatic N) is 2. The van der Waals surface area contributed by atoms with Crippen molar-refractivity contribution in [3.8, 4) is 0 Å². The summed E-state index contributed by atoms with van der Waals surface area (Å²) in [7, 11) is 7.90. The minimum atomic E-state index is -0.889. The number of carbonyl (C=O) groups excluding carboxylic acids is 8. The van der Waals surface area contributed by atoms with Gasteiger partial charge >= 0.3 is 48.0 Å². The van der Waals surface area contributed by atoms with Gasteiger partial charge in [0.05, 0.1) is 73.5 Å². The zero-order valence-corrected chi connectivity index (χ0v) is 71.5. The van der Waals surface area contributed by atoms with Crippen molar-refractivity contribution in [2.24, 2.45) is 11.5 Å². The summed E-state index contributed by atoms with van der Waals surface area (Å²) >= 11 is 7.12. The van der Waals surface area contributed by atoms with Crippen molar-refractivity contribution in [3.05, 3.63) is 395 Å². The summed E-state index contributed by atoms with van der Waals surface area (Å²) in [4.78, 5) is 93.4. The zero-order valence-electron chi connectivity index (χ0n) is 70.7. The van der Waals surface area contributed by atoms with Crippen LogP contribution >= 0.6 is 11.6 Å². The first-order chi connectivity index (χ1) is 60.1. The number of benzene rings is 11. The second-order valence-corrected chi connectivity index (χ2v) is 28.3. The number of aliphatic hydroxyl groups is 2. The van der Waals surface area contributed by atoms with Gasteiger partial charge < -0.3 is 64.9 Å². The average molecular weight is 1710 g/mol. The number of aliphatic hydroxyl groups excluding tert-OH is 2. The molecule has 2 fully saturated rings. The Balaban J connectivity index is 0.000000206. The maximum Gasteiger partial charge on any atom is 0.411 e. The van der Waals surface area contributed by atoms with Crippen LogP contribution in [0, 0.1) is 0 Å². The first-order valence-corrected chi connectivity index (χ1v) is 40.4. The molecule has 0 aliphatic carbocycles. The molecule has 2 amide bonds. The van der Waals surface area contributed by atoms with Crippen molar-refractivity contribution in [3.63, 3.8) is 0 Å². The van der Waals surface area contributed by atoms with Gasteiger partial charge in [0.25, 0.3) is 0 Å². The van der Waals surface area contributed by atoms with E-state index in [1.165, 1.54) is 47.6 Å². The Kier molecular flexibility index (Phi) is 40.7. The number of alkyl halides is 1. The molecule has 1 unspecified atom stereocenters. The van der Waals surface area contributed by atoms with Crippen LogP contribution in [0.1, 0.15) is 87.9 Å². The molecule has 11 aromatic carbocycles. The van der Waals surface area contributed by atoms with Crippen LogP contribution in [0.3, 0.4) is 0 Å². The number of nitrogens with two attached hydrogens (primary N) is 2. The van der Waals surface area contributed by atoms with Crippen LogP contribution in [-0.2, 0) is 95.8 Å². The number of hydrogen-bond donors (Lipinski definition) is 6. The van der Waals surface area contributed by atoms with Gasteiger partial charge in [0.2, 0.25) is 0 Å². The SMILES string of the molecule is CC[C@@H](N)C(=O)OC.CC[C@@H](NC(=O)OCc1ccccc1)C(=O)OC.COC(=O)[C@@H](CO)NC(c1ccccc1)(c1ccccc1)c1ccccc1.COC(=O)[C@H](N)CO.COC(=O)[C@H]1CN1C(=O)OCc1ccccc1.COC(=O)[C@H]1CN1C(c1ccccc1)(c1ccccc1)c1ccccc1.ClC(c1ccccc1)(c1ccccc1)c1ccccc1. The van der Waals surface area contributed by atoms with Gasteiger partial charge in [0, 0.05) is 6.54 Å². The summed E-state index contributed by atoms with van der Waals surface area (Å²) in [5.41, 5.74) is 20.3. The van der Waals surface area contributed by atoms with Crippen molar-refractivity contribution in [2.45, 2.75) is 92.1 Å². The molecule has 0 aromatic heterocycles. The van der Waals surface area contributed by atoms with Crippen LogP contribution in [0.2, 0.25) is 0 Å². The van der Waals surface area contributed by atoms with Crippen LogP contribution < -0.4 is 22.1 Å². The Hall–Kier alpha value is -13.2. The number of esters is 6. The van der Waals surface area contributed by atoms with E-state index in [1.807, 2.05) is 268 Å². The number of hydrogen-bond acceptors (Lipinski definition) is 22. The fourth-order valence-corrected chi connectivity index (χ4v) is 13.6. The second-order valence-electron chi connectivity index (χ2n) is 27.8. The molecule has 13 rings (SSSR count). The average Bonchev–Trinajstić information content (AvgIpc) is 1.54. The van der Waals surface area contributed by atoms with Gasteiger partial charge in [-0.1, -0.05) is 347 Å². The lowest BCUT2D eigenvalue weighted by molar-refractivity contribution is -0.145. The molecule has 0 bridgehead atoms. The lowest BCUT2D eigenvalue weighted by atomic mass is 9.76. The third-order valence-corrected chi connectivity index (χ3v) is 20.5. The van der Waals surface area contributed by atoms with E-state index < -0.39 is 82.2 Å². The zero-order chi connectivity index (χ0) is 89.7. The van der Waals surface area contributed by atoms with Crippen molar-refractivity contribution >= 4 is 59.6 Å². The Morgan fingerprint density at radius 3 is 0.960 bits per heavy atom. The predicted octanol–water partition coefficient (Wildman–Crippen LogP) is 13.6. The third-order valence-electron chi connectivity index (χ3n) is 19.9. The van der Waals surface area contributed by atoms with Crippen LogP contribution in [0.25, 0.3) is 0 Å². The molecule has 124 heavy (non-hydrogen) atoms. The number of amides is 2. The number of ether oxygens (including phenoxy) is 8. The number of halogens is 1. The number of alkyl carbamates (subject to hydrolysis) is 1. The molecule has 2 aliphatic heterocycles. The molecule has 650 valence electrons. The van der Waals surface area contributed by atoms with Crippen molar-refractivity contribution in [1.82, 2.24) is 20.4 Å². The molecule has 2 saturated heterocycles. The summed E-state index contributed by atoms with van der Waals surface area (Å²) in [5, 5.41) is 23.9. The molecule has 2 heterocycles. The molecule has 0 spiro atoms. The van der Waals surface area contributed by atoms with Gasteiger partial charge in [-0.25, -0.2) is 19.2 Å². The van der Waals surface area contributed by atoms with Crippen LogP contribution in [0.5, 0.6) is 0 Å². The molecule has 24 nitrogen and oxygen atoms in total. The quantitative estimate of drug-likeness (QED) is 0.00915. The highest BCUT2D eigenvalue weighted by Crippen LogP contribution is 2.49. The number of carbonyl (C=O) groups is 8. The normalized spacial score (nSPS) is 14.2. The molecule has 11 aromatic rings. The van der Waals surface area contributed by atoms with E-state index in [0.717, 1.165) is 61.2 Å². The molecular weight excluding hydrogens is 1600 g/mol. The van der Waals surface area contributed by atoms with Crippen LogP contribution in [0.4, 0.5) is 9.59 Å². The van der Waals surface area contributed by atoms with Crippen LogP contribution in [-0.4, -0.2) is 173 Å². The van der Waals surface area contributed by atoms with Gasteiger partial charge in [-0.2, -0.15) is 0 Å². The Labute approximate surface area is 729 Å². The molecule has 0 radical (unpaired) electrons. The second kappa shape index (κ2) is 51.6. The van der Waals surface area contributed by atoms with E-state index >= 15 is 0 Å². The van der Waals surface area contributed by atoms with Crippen molar-refractivity contribution in [2.75, 3.05) is 69.0 Å². The van der Waals surface area contributed by atoms with E-state index in [1.54, 1.807) is 6.92 Å². The summed E-state index contributed by atoms with van der Waals surface area (Å²) < 4.78 is 37.6. The molecular formula is C99H109ClN6O18. The van der Waals surface area contributed by atoms with Gasteiger partial charge in [-0.05, 0) is 74.0 Å². The van der Waals surface area contributed by atoms with Crippen LogP contribution in [0.15, 0.2) is 334 Å². The summed E-state index contributed by atoms with van der Waals surface area (Å²) in [6.45, 7) is 4.30.